The number of aliphatic imine (C=N–C) groups is 1. The van der Waals surface area contributed by atoms with Gasteiger partial charge in [-0.1, -0.05) is 13.3 Å². The first kappa shape index (κ1) is 23.9. The number of hydrogen-bond donors (Lipinski definition) is 3. The number of nitrogens with zero attached hydrogens (tertiary/aromatic N) is 2. The first-order valence-electron chi connectivity index (χ1n) is 8.67. The summed E-state index contributed by atoms with van der Waals surface area (Å²) in [5.41, 5.74) is 0. The van der Waals surface area contributed by atoms with Gasteiger partial charge in [-0.15, -0.1) is 24.0 Å². The lowest BCUT2D eigenvalue weighted by Crippen LogP contribution is -2.46. The highest BCUT2D eigenvalue weighted by atomic mass is 127. The van der Waals surface area contributed by atoms with E-state index in [-0.39, 0.29) is 24.0 Å². The van der Waals surface area contributed by atoms with E-state index in [2.05, 4.69) is 32.2 Å². The van der Waals surface area contributed by atoms with E-state index >= 15 is 0 Å². The van der Waals surface area contributed by atoms with Crippen LogP contribution < -0.4 is 15.4 Å². The van der Waals surface area contributed by atoms with Crippen molar-refractivity contribution in [3.8, 4) is 0 Å². The van der Waals surface area contributed by atoms with Gasteiger partial charge in [0, 0.05) is 32.2 Å². The van der Waals surface area contributed by atoms with Crippen LogP contribution in [0.5, 0.6) is 0 Å². The lowest BCUT2D eigenvalue weighted by atomic mass is 10.0. The van der Waals surface area contributed by atoms with E-state index in [1.54, 1.807) is 0 Å². The summed E-state index contributed by atoms with van der Waals surface area (Å²) < 4.78 is 24.5. The molecule has 1 unspecified atom stereocenters. The second-order valence-corrected chi connectivity index (χ2v) is 7.78. The van der Waals surface area contributed by atoms with E-state index in [0.717, 1.165) is 31.8 Å². The van der Waals surface area contributed by atoms with Gasteiger partial charge in [-0.3, -0.25) is 9.89 Å². The van der Waals surface area contributed by atoms with E-state index in [1.807, 2.05) is 6.92 Å². The van der Waals surface area contributed by atoms with Crippen molar-refractivity contribution in [1.82, 2.24) is 20.3 Å². The normalized spacial score (nSPS) is 19.6. The van der Waals surface area contributed by atoms with Crippen LogP contribution in [0.3, 0.4) is 0 Å². The lowest BCUT2D eigenvalue weighted by molar-refractivity contribution is 0.147. The number of guanidine groups is 1. The van der Waals surface area contributed by atoms with Crippen LogP contribution in [0.15, 0.2) is 4.99 Å². The Balaban J connectivity index is 0.00000529. The van der Waals surface area contributed by atoms with Crippen LogP contribution in [0.1, 0.15) is 39.5 Å². The van der Waals surface area contributed by atoms with Gasteiger partial charge in [0.25, 0.3) is 0 Å². The van der Waals surface area contributed by atoms with Crippen LogP contribution >= 0.6 is 24.0 Å². The molecule has 9 heteroatoms. The Morgan fingerprint density at radius 3 is 2.58 bits per heavy atom. The van der Waals surface area contributed by atoms with Crippen molar-refractivity contribution in [2.45, 2.75) is 45.6 Å². The Labute approximate surface area is 164 Å². The smallest absolute Gasteiger partial charge is 0.208 e. The molecule has 1 heterocycles. The van der Waals surface area contributed by atoms with Gasteiger partial charge >= 0.3 is 0 Å². The minimum Gasteiger partial charge on any atom is -0.357 e. The standard InChI is InChI=1S/C15H33N5O2S.HI/c1-4-14-8-6-7-12-20(14)13-11-18-15(16-5-2)17-9-10-19-23(3,21)22;/h14,19H,4-13H2,1-3H3,(H2,16,17,18);1H. The molecule has 1 aliphatic rings. The Morgan fingerprint density at radius 2 is 1.96 bits per heavy atom. The molecule has 7 nitrogen and oxygen atoms in total. The summed E-state index contributed by atoms with van der Waals surface area (Å²) in [7, 11) is -3.14. The third-order valence-electron chi connectivity index (χ3n) is 4.00. The molecule has 0 bridgehead atoms. The monoisotopic (exact) mass is 475 g/mol. The summed E-state index contributed by atoms with van der Waals surface area (Å²) in [5.74, 6) is 0.743. The van der Waals surface area contributed by atoms with Gasteiger partial charge in [0.2, 0.25) is 10.0 Å². The summed E-state index contributed by atoms with van der Waals surface area (Å²) in [6, 6.07) is 0.712. The van der Waals surface area contributed by atoms with Crippen molar-refractivity contribution >= 4 is 40.0 Å². The highest BCUT2D eigenvalue weighted by Gasteiger charge is 2.19. The summed E-state index contributed by atoms with van der Waals surface area (Å²) in [6.45, 7) is 8.86. The maximum absolute atomic E-state index is 11.0. The van der Waals surface area contributed by atoms with Gasteiger partial charge in [0.05, 0.1) is 12.8 Å². The van der Waals surface area contributed by atoms with Crippen molar-refractivity contribution in [1.29, 1.82) is 0 Å². The molecule has 144 valence electrons. The van der Waals surface area contributed by atoms with Gasteiger partial charge in [0.15, 0.2) is 5.96 Å². The molecule has 24 heavy (non-hydrogen) atoms. The fourth-order valence-electron chi connectivity index (χ4n) is 2.88. The topological polar surface area (TPSA) is 85.8 Å². The zero-order valence-corrected chi connectivity index (χ0v) is 18.3. The molecule has 1 aliphatic heterocycles. The predicted molar refractivity (Wildman–Crippen MR) is 112 cm³/mol. The maximum Gasteiger partial charge on any atom is 0.208 e. The average molecular weight is 475 g/mol. The zero-order valence-electron chi connectivity index (χ0n) is 15.2. The molecule has 1 atom stereocenters. The second-order valence-electron chi connectivity index (χ2n) is 5.95. The molecule has 0 aromatic heterocycles. The third kappa shape index (κ3) is 10.7. The summed E-state index contributed by atoms with van der Waals surface area (Å²) in [6.07, 6.45) is 6.32. The predicted octanol–water partition coefficient (Wildman–Crippen LogP) is 0.973. The maximum atomic E-state index is 11.0. The van der Waals surface area contributed by atoms with Crippen LogP contribution in [-0.4, -0.2) is 70.8 Å². The number of hydrogen-bond acceptors (Lipinski definition) is 4. The molecule has 0 aromatic rings. The Bertz CT molecular complexity index is 459. The molecule has 1 fully saturated rings. The van der Waals surface area contributed by atoms with Crippen molar-refractivity contribution in [2.24, 2.45) is 4.99 Å². The fraction of sp³-hybridized carbons (Fsp3) is 0.933. The number of halogens is 1. The van der Waals surface area contributed by atoms with Gasteiger partial charge in [-0.25, -0.2) is 13.1 Å². The van der Waals surface area contributed by atoms with Crippen LogP contribution in [0.25, 0.3) is 0 Å². The number of likely N-dealkylation sites (tertiary alicyclic amines) is 1. The number of rotatable bonds is 9. The Hall–Kier alpha value is -0.130. The molecule has 0 aliphatic carbocycles. The van der Waals surface area contributed by atoms with Crippen LogP contribution in [0.4, 0.5) is 0 Å². The Kier molecular flexibility index (Phi) is 13.1. The average Bonchev–Trinajstić information content (AvgIpc) is 2.51. The van der Waals surface area contributed by atoms with Crippen molar-refractivity contribution in [3.63, 3.8) is 0 Å². The largest absolute Gasteiger partial charge is 0.357 e. The summed E-state index contributed by atoms with van der Waals surface area (Å²) >= 11 is 0. The molecule has 0 spiro atoms. The van der Waals surface area contributed by atoms with Crippen molar-refractivity contribution in [3.05, 3.63) is 0 Å². The first-order chi connectivity index (χ1) is 11.0. The highest BCUT2D eigenvalue weighted by molar-refractivity contribution is 14.0. The Morgan fingerprint density at radius 1 is 1.21 bits per heavy atom. The highest BCUT2D eigenvalue weighted by Crippen LogP contribution is 2.18. The first-order valence-corrected chi connectivity index (χ1v) is 10.6. The molecule has 0 aromatic carbocycles. The van der Waals surface area contributed by atoms with E-state index in [4.69, 9.17) is 0 Å². The molecule has 0 saturated carbocycles. The molecule has 0 radical (unpaired) electrons. The van der Waals surface area contributed by atoms with Gasteiger partial charge in [-0.05, 0) is 32.7 Å². The summed E-state index contributed by atoms with van der Waals surface area (Å²) in [4.78, 5) is 6.95. The number of piperidine rings is 1. The lowest BCUT2D eigenvalue weighted by Gasteiger charge is -2.35. The van der Waals surface area contributed by atoms with E-state index in [9.17, 15) is 8.42 Å². The minimum absolute atomic E-state index is 0. The van der Waals surface area contributed by atoms with Crippen LogP contribution in [0, 0.1) is 0 Å². The van der Waals surface area contributed by atoms with E-state index in [1.165, 1.54) is 32.2 Å². The number of nitrogens with one attached hydrogen (secondary N) is 3. The molecule has 3 N–H and O–H groups in total. The fourth-order valence-corrected chi connectivity index (χ4v) is 3.34. The zero-order chi connectivity index (χ0) is 17.1. The van der Waals surface area contributed by atoms with Crippen LogP contribution in [0.2, 0.25) is 0 Å². The van der Waals surface area contributed by atoms with E-state index in [0.29, 0.717) is 19.1 Å². The molecular weight excluding hydrogens is 441 g/mol. The molecule has 1 rings (SSSR count). The molecular formula is C15H34IN5O2S. The number of sulfonamides is 1. The van der Waals surface area contributed by atoms with E-state index < -0.39 is 10.0 Å². The SMILES string of the molecule is CCNC(=NCCNS(C)(=O)=O)NCCN1CCCCC1CC.I. The quantitative estimate of drug-likeness (QED) is 0.200. The second kappa shape index (κ2) is 13.1. The van der Waals surface area contributed by atoms with Crippen molar-refractivity contribution < 1.29 is 8.42 Å². The molecule has 0 amide bonds. The van der Waals surface area contributed by atoms with Crippen LogP contribution in [-0.2, 0) is 10.0 Å². The van der Waals surface area contributed by atoms with Gasteiger partial charge < -0.3 is 10.6 Å². The molecule has 1 saturated heterocycles. The van der Waals surface area contributed by atoms with Crippen molar-refractivity contribution in [2.75, 3.05) is 45.5 Å². The van der Waals surface area contributed by atoms with Gasteiger partial charge in [-0.2, -0.15) is 0 Å². The van der Waals surface area contributed by atoms with Gasteiger partial charge in [0.1, 0.15) is 0 Å². The third-order valence-corrected chi connectivity index (χ3v) is 4.73. The summed E-state index contributed by atoms with van der Waals surface area (Å²) in [5, 5.41) is 6.52. The minimum atomic E-state index is -3.14.